The highest BCUT2D eigenvalue weighted by molar-refractivity contribution is 8.01. The Bertz CT molecular complexity index is 664. The normalized spacial score (nSPS) is 20.6. The maximum Gasteiger partial charge on any atom is 0.170 e. The lowest BCUT2D eigenvalue weighted by Gasteiger charge is -2.36. The number of hydrogen-bond donors (Lipinski definition) is 2. The summed E-state index contributed by atoms with van der Waals surface area (Å²) in [6.45, 7) is 0.447. The molecule has 1 heterocycles. The van der Waals surface area contributed by atoms with E-state index < -0.39 is 21.0 Å². The fourth-order valence-electron chi connectivity index (χ4n) is 2.17. The molecule has 9 heteroatoms. The van der Waals surface area contributed by atoms with Gasteiger partial charge in [-0.25, -0.2) is 12.8 Å². The van der Waals surface area contributed by atoms with Crippen molar-refractivity contribution in [2.75, 3.05) is 29.2 Å². The third kappa shape index (κ3) is 3.41. The molecule has 1 fully saturated rings. The average molecular weight is 333 g/mol. The molecule has 6 nitrogen and oxygen atoms in total. The van der Waals surface area contributed by atoms with Crippen LogP contribution in [0.4, 0.5) is 10.1 Å². The van der Waals surface area contributed by atoms with Crippen LogP contribution in [-0.2, 0) is 9.84 Å². The van der Waals surface area contributed by atoms with Gasteiger partial charge >= 0.3 is 0 Å². The first-order chi connectivity index (χ1) is 9.84. The molecule has 21 heavy (non-hydrogen) atoms. The molecule has 0 amide bonds. The summed E-state index contributed by atoms with van der Waals surface area (Å²) >= 11 is 1.53. The van der Waals surface area contributed by atoms with E-state index in [1.165, 1.54) is 23.9 Å². The molecule has 0 aliphatic carbocycles. The summed E-state index contributed by atoms with van der Waals surface area (Å²) in [4.78, 5) is 1.55. The van der Waals surface area contributed by atoms with Gasteiger partial charge in [-0.2, -0.15) is 11.8 Å². The summed E-state index contributed by atoms with van der Waals surface area (Å²) < 4.78 is 38.0. The summed E-state index contributed by atoms with van der Waals surface area (Å²) in [5.74, 6) is 0.335. The number of benzene rings is 1. The number of anilines is 1. The molecule has 1 aromatic rings. The first-order valence-electron chi connectivity index (χ1n) is 6.15. The van der Waals surface area contributed by atoms with E-state index in [1.54, 1.807) is 4.90 Å². The van der Waals surface area contributed by atoms with Crippen LogP contribution in [0, 0.1) is 5.82 Å². The fraction of sp³-hybridized carbons (Fsp3) is 0.417. The number of sulfone groups is 1. The minimum Gasteiger partial charge on any atom is -0.409 e. The maximum absolute atomic E-state index is 14.3. The monoisotopic (exact) mass is 333 g/mol. The number of oxime groups is 1. The molecule has 1 aromatic carbocycles. The summed E-state index contributed by atoms with van der Waals surface area (Å²) in [7, 11) is -3.32. The van der Waals surface area contributed by atoms with Crippen LogP contribution in [0.5, 0.6) is 0 Å². The van der Waals surface area contributed by atoms with Crippen LogP contribution in [0.25, 0.3) is 0 Å². The number of amidine groups is 1. The van der Waals surface area contributed by atoms with Crippen molar-refractivity contribution in [3.8, 4) is 0 Å². The van der Waals surface area contributed by atoms with Gasteiger partial charge in [0.2, 0.25) is 0 Å². The number of nitrogens with zero attached hydrogens (tertiary/aromatic N) is 2. The van der Waals surface area contributed by atoms with E-state index in [9.17, 15) is 12.8 Å². The average Bonchev–Trinajstić information content (AvgIpc) is 2.45. The van der Waals surface area contributed by atoms with Gasteiger partial charge in [0, 0.05) is 29.9 Å². The second-order valence-electron chi connectivity index (χ2n) is 4.70. The number of rotatable bonds is 3. The zero-order valence-corrected chi connectivity index (χ0v) is 13.0. The molecule has 2 rings (SSSR count). The largest absolute Gasteiger partial charge is 0.409 e. The van der Waals surface area contributed by atoms with Gasteiger partial charge < -0.3 is 15.8 Å². The second kappa shape index (κ2) is 6.10. The predicted octanol–water partition coefficient (Wildman–Crippen LogP) is 0.844. The van der Waals surface area contributed by atoms with Crippen molar-refractivity contribution in [2.24, 2.45) is 10.9 Å². The second-order valence-corrected chi connectivity index (χ2v) is 8.06. The smallest absolute Gasteiger partial charge is 0.170 e. The molecule has 0 bridgehead atoms. The maximum atomic E-state index is 14.3. The molecule has 1 aliphatic heterocycles. The molecule has 0 spiro atoms. The third-order valence-corrected chi connectivity index (χ3v) is 5.88. The molecule has 116 valence electrons. The van der Waals surface area contributed by atoms with Crippen LogP contribution >= 0.6 is 11.8 Å². The molecular weight excluding hydrogens is 317 g/mol. The fourth-order valence-corrected chi connectivity index (χ4v) is 5.00. The lowest BCUT2D eigenvalue weighted by atomic mass is 10.1. The number of nitrogens with two attached hydrogens (primary N) is 1. The van der Waals surface area contributed by atoms with Gasteiger partial charge in [0.15, 0.2) is 15.7 Å². The van der Waals surface area contributed by atoms with E-state index >= 15 is 0 Å². The Morgan fingerprint density at radius 2 is 2.29 bits per heavy atom. The Kier molecular flexibility index (Phi) is 4.62. The standard InChI is InChI=1S/C12H16FN3O3S2/c1-21(18,19)11-7-20-5-4-16(11)10-3-2-8(6-9(10)13)12(14)15-17/h2-3,6,11,17H,4-5,7H2,1H3,(H2,14,15). The molecule has 0 aromatic heterocycles. The van der Waals surface area contributed by atoms with Gasteiger partial charge in [-0.15, -0.1) is 0 Å². The van der Waals surface area contributed by atoms with Gasteiger partial charge in [0.1, 0.15) is 11.2 Å². The van der Waals surface area contributed by atoms with Gasteiger partial charge in [0.25, 0.3) is 0 Å². The highest BCUT2D eigenvalue weighted by atomic mass is 32.2. The topological polar surface area (TPSA) is 96.0 Å². The Hall–Kier alpha value is -1.48. The first kappa shape index (κ1) is 15.9. The van der Waals surface area contributed by atoms with Crippen molar-refractivity contribution in [2.45, 2.75) is 5.37 Å². The lowest BCUT2D eigenvalue weighted by Crippen LogP contribution is -2.47. The first-order valence-corrected chi connectivity index (χ1v) is 9.26. The van der Waals surface area contributed by atoms with Crippen molar-refractivity contribution in [1.29, 1.82) is 0 Å². The lowest BCUT2D eigenvalue weighted by molar-refractivity contribution is 0.318. The summed E-state index contributed by atoms with van der Waals surface area (Å²) in [5, 5.41) is 10.7. The molecule has 1 atom stereocenters. The van der Waals surface area contributed by atoms with E-state index in [2.05, 4.69) is 5.16 Å². The van der Waals surface area contributed by atoms with Crippen molar-refractivity contribution < 1.29 is 18.0 Å². The van der Waals surface area contributed by atoms with E-state index in [0.717, 1.165) is 18.1 Å². The quantitative estimate of drug-likeness (QED) is 0.368. The Labute approximate surface area is 126 Å². The van der Waals surface area contributed by atoms with Crippen LogP contribution in [-0.4, -0.2) is 49.1 Å². The van der Waals surface area contributed by atoms with Crippen LogP contribution in [0.1, 0.15) is 5.56 Å². The zero-order valence-electron chi connectivity index (χ0n) is 11.4. The Balaban J connectivity index is 2.40. The van der Waals surface area contributed by atoms with E-state index in [-0.39, 0.29) is 17.1 Å². The number of hydrogen-bond acceptors (Lipinski definition) is 6. The molecule has 1 aliphatic rings. The predicted molar refractivity (Wildman–Crippen MR) is 82.2 cm³/mol. The summed E-state index contributed by atoms with van der Waals surface area (Å²) in [5.41, 5.74) is 5.85. The number of halogens is 1. The van der Waals surface area contributed by atoms with Crippen LogP contribution in [0.15, 0.2) is 23.4 Å². The van der Waals surface area contributed by atoms with Gasteiger partial charge in [-0.1, -0.05) is 5.16 Å². The molecule has 0 saturated carbocycles. The van der Waals surface area contributed by atoms with Crippen LogP contribution in [0.2, 0.25) is 0 Å². The minimum atomic E-state index is -3.32. The highest BCUT2D eigenvalue weighted by Crippen LogP contribution is 2.29. The highest BCUT2D eigenvalue weighted by Gasteiger charge is 2.32. The van der Waals surface area contributed by atoms with Crippen molar-refractivity contribution in [1.82, 2.24) is 0 Å². The molecule has 0 radical (unpaired) electrons. The molecular formula is C12H16FN3O3S2. The van der Waals surface area contributed by atoms with Gasteiger partial charge in [0.05, 0.1) is 5.69 Å². The summed E-state index contributed by atoms with van der Waals surface area (Å²) in [6, 6.07) is 4.08. The van der Waals surface area contributed by atoms with Crippen LogP contribution in [0.3, 0.4) is 0 Å². The molecule has 1 unspecified atom stereocenters. The minimum absolute atomic E-state index is 0.200. The van der Waals surface area contributed by atoms with E-state index in [4.69, 9.17) is 10.9 Å². The van der Waals surface area contributed by atoms with Gasteiger partial charge in [-0.05, 0) is 18.2 Å². The van der Waals surface area contributed by atoms with Gasteiger partial charge in [-0.3, -0.25) is 0 Å². The molecule has 1 saturated heterocycles. The zero-order chi connectivity index (χ0) is 15.6. The van der Waals surface area contributed by atoms with Crippen molar-refractivity contribution in [3.05, 3.63) is 29.6 Å². The van der Waals surface area contributed by atoms with Crippen molar-refractivity contribution >= 4 is 33.1 Å². The SMILES string of the molecule is CS(=O)(=O)C1CSCCN1c1ccc(C(N)=NO)cc1F. The molecule has 3 N–H and O–H groups in total. The summed E-state index contributed by atoms with van der Waals surface area (Å²) in [6.07, 6.45) is 1.15. The van der Waals surface area contributed by atoms with Crippen molar-refractivity contribution in [3.63, 3.8) is 0 Å². The third-order valence-electron chi connectivity index (χ3n) is 3.24. The Morgan fingerprint density at radius 1 is 1.57 bits per heavy atom. The van der Waals surface area contributed by atoms with Crippen LogP contribution < -0.4 is 10.6 Å². The van der Waals surface area contributed by atoms with E-state index in [0.29, 0.717) is 12.3 Å². The Morgan fingerprint density at radius 3 is 2.86 bits per heavy atom. The number of thioether (sulfide) groups is 1. The van der Waals surface area contributed by atoms with E-state index in [1.807, 2.05) is 0 Å².